The van der Waals surface area contributed by atoms with Crippen LogP contribution in [-0.4, -0.2) is 18.3 Å². The highest BCUT2D eigenvalue weighted by atomic mass is 16.5. The average Bonchev–Trinajstić information content (AvgIpc) is 2.98. The molecule has 0 aromatic heterocycles. The SMILES string of the molecule is COC1[C@@H]2[C@@H]3[C@H]4C[C@H]5[C@H]3[C@@H]2[C@](O)(c2ccccc2)[C@H]5[C@@H]14. The molecule has 6 rings (SSSR count). The van der Waals surface area contributed by atoms with Crippen molar-refractivity contribution in [2.75, 3.05) is 7.11 Å². The Bertz CT molecular complexity index is 599. The molecule has 1 unspecified atom stereocenters. The summed E-state index contributed by atoms with van der Waals surface area (Å²) in [6.07, 6.45) is 1.81. The molecule has 2 nitrogen and oxygen atoms in total. The quantitative estimate of drug-likeness (QED) is 0.891. The molecule has 2 bridgehead atoms. The lowest BCUT2D eigenvalue weighted by Crippen LogP contribution is -2.57. The van der Waals surface area contributed by atoms with Crippen LogP contribution in [0.5, 0.6) is 0 Å². The molecule has 1 aromatic rings. The van der Waals surface area contributed by atoms with Crippen LogP contribution >= 0.6 is 0 Å². The molecule has 0 spiro atoms. The van der Waals surface area contributed by atoms with Crippen molar-refractivity contribution in [2.24, 2.45) is 47.3 Å². The Hall–Kier alpha value is -0.860. The van der Waals surface area contributed by atoms with Crippen LogP contribution in [0.15, 0.2) is 30.3 Å². The van der Waals surface area contributed by atoms with E-state index in [-0.39, 0.29) is 0 Å². The van der Waals surface area contributed by atoms with Gasteiger partial charge in [0, 0.05) is 18.9 Å². The Balaban J connectivity index is 1.58. The summed E-state index contributed by atoms with van der Waals surface area (Å²) in [4.78, 5) is 0. The van der Waals surface area contributed by atoms with Crippen LogP contribution in [0, 0.1) is 47.3 Å². The second-order valence-corrected chi connectivity index (χ2v) is 7.82. The fourth-order valence-corrected chi connectivity index (χ4v) is 7.91. The summed E-state index contributed by atoms with van der Waals surface area (Å²) < 4.78 is 5.89. The average molecular weight is 268 g/mol. The molecule has 1 aromatic carbocycles. The van der Waals surface area contributed by atoms with Gasteiger partial charge in [0.15, 0.2) is 0 Å². The maximum Gasteiger partial charge on any atom is 0.0965 e. The van der Waals surface area contributed by atoms with Crippen LogP contribution in [-0.2, 0) is 10.3 Å². The van der Waals surface area contributed by atoms with Crippen LogP contribution < -0.4 is 0 Å². The zero-order valence-electron chi connectivity index (χ0n) is 11.6. The number of rotatable bonds is 2. The fourth-order valence-electron chi connectivity index (χ4n) is 7.91. The minimum absolute atomic E-state index is 0.438. The number of fused-ring (bicyclic) bond motifs is 2. The Morgan fingerprint density at radius 2 is 1.80 bits per heavy atom. The van der Waals surface area contributed by atoms with E-state index in [1.54, 1.807) is 0 Å². The van der Waals surface area contributed by atoms with Crippen LogP contribution in [0.25, 0.3) is 0 Å². The molecule has 1 N–H and O–H groups in total. The van der Waals surface area contributed by atoms with Crippen molar-refractivity contribution in [1.82, 2.24) is 0 Å². The second kappa shape index (κ2) is 3.00. The summed E-state index contributed by atoms with van der Waals surface area (Å²) in [5.41, 5.74) is 0.621. The predicted molar refractivity (Wildman–Crippen MR) is 73.7 cm³/mol. The maximum atomic E-state index is 11.7. The maximum absolute atomic E-state index is 11.7. The second-order valence-electron chi connectivity index (χ2n) is 7.82. The van der Waals surface area contributed by atoms with E-state index in [2.05, 4.69) is 30.3 Å². The lowest BCUT2D eigenvalue weighted by molar-refractivity contribution is -0.183. The van der Waals surface area contributed by atoms with Gasteiger partial charge in [-0.2, -0.15) is 0 Å². The molecule has 0 amide bonds. The van der Waals surface area contributed by atoms with Gasteiger partial charge < -0.3 is 9.84 Å². The number of aliphatic hydroxyl groups is 1. The van der Waals surface area contributed by atoms with Crippen LogP contribution in [0.2, 0.25) is 0 Å². The first-order valence-electron chi connectivity index (χ1n) is 8.09. The van der Waals surface area contributed by atoms with Gasteiger partial charge in [-0.1, -0.05) is 30.3 Å². The molecule has 0 aliphatic heterocycles. The Kier molecular flexibility index (Phi) is 1.62. The van der Waals surface area contributed by atoms with E-state index in [1.807, 2.05) is 7.11 Å². The number of benzene rings is 1. The van der Waals surface area contributed by atoms with Crippen molar-refractivity contribution < 1.29 is 9.84 Å². The summed E-state index contributed by atoms with van der Waals surface area (Å²) in [6, 6.07) is 10.5. The molecule has 5 aliphatic rings. The Morgan fingerprint density at radius 1 is 1.00 bits per heavy atom. The first-order valence-corrected chi connectivity index (χ1v) is 8.09. The highest BCUT2D eigenvalue weighted by Crippen LogP contribution is 2.87. The van der Waals surface area contributed by atoms with E-state index in [4.69, 9.17) is 4.74 Å². The number of hydrogen-bond donors (Lipinski definition) is 1. The molecule has 0 radical (unpaired) electrons. The first kappa shape index (κ1) is 10.8. The van der Waals surface area contributed by atoms with Gasteiger partial charge >= 0.3 is 0 Å². The summed E-state index contributed by atoms with van der Waals surface area (Å²) in [7, 11) is 1.89. The third-order valence-corrected chi connectivity index (χ3v) is 7.91. The van der Waals surface area contributed by atoms with Crippen molar-refractivity contribution >= 4 is 0 Å². The number of methoxy groups -OCH3 is 1. The lowest BCUT2D eigenvalue weighted by Gasteiger charge is -2.54. The van der Waals surface area contributed by atoms with Gasteiger partial charge in [-0.3, -0.25) is 0 Å². The smallest absolute Gasteiger partial charge is 0.0965 e. The van der Waals surface area contributed by atoms with Gasteiger partial charge in [-0.25, -0.2) is 0 Å². The van der Waals surface area contributed by atoms with E-state index in [1.165, 1.54) is 12.0 Å². The van der Waals surface area contributed by atoms with E-state index < -0.39 is 5.60 Å². The third-order valence-electron chi connectivity index (χ3n) is 7.91. The van der Waals surface area contributed by atoms with Gasteiger partial charge in [0.2, 0.25) is 0 Å². The minimum Gasteiger partial charge on any atom is -0.385 e. The molecule has 20 heavy (non-hydrogen) atoms. The monoisotopic (exact) mass is 268 g/mol. The van der Waals surface area contributed by atoms with Crippen molar-refractivity contribution in [3.63, 3.8) is 0 Å². The van der Waals surface area contributed by atoms with E-state index in [0.29, 0.717) is 29.8 Å². The van der Waals surface area contributed by atoms with Crippen LogP contribution in [0.4, 0.5) is 0 Å². The topological polar surface area (TPSA) is 29.5 Å². The van der Waals surface area contributed by atoms with Gasteiger partial charge in [0.25, 0.3) is 0 Å². The fraction of sp³-hybridized carbons (Fsp3) is 0.667. The van der Waals surface area contributed by atoms with Gasteiger partial charge in [-0.05, 0) is 47.5 Å². The van der Waals surface area contributed by atoms with Crippen molar-refractivity contribution in [2.45, 2.75) is 18.1 Å². The first-order chi connectivity index (χ1) is 9.78. The molecule has 10 atom stereocenters. The molecule has 5 aliphatic carbocycles. The van der Waals surface area contributed by atoms with Crippen LogP contribution in [0.3, 0.4) is 0 Å². The standard InChI is InChI=1S/C18H20O2/c1-20-17-13-9-7-10-12-11(9)14(17)16(12)18(19,15(10)13)8-5-3-2-4-6-8/h2-6,9-17,19H,7H2,1H3/t9-,10+,11-,12-,13+,14-,15-,16+,17?,18+/m1/s1. The largest absolute Gasteiger partial charge is 0.385 e. The summed E-state index contributed by atoms with van der Waals surface area (Å²) in [6.45, 7) is 0. The Labute approximate surface area is 119 Å². The molecule has 5 saturated carbocycles. The lowest BCUT2D eigenvalue weighted by atomic mass is 9.54. The van der Waals surface area contributed by atoms with Crippen molar-refractivity contribution in [3.05, 3.63) is 35.9 Å². The number of ether oxygens (including phenoxy) is 1. The predicted octanol–water partition coefficient (Wildman–Crippen LogP) is 2.28. The van der Waals surface area contributed by atoms with Crippen molar-refractivity contribution in [3.8, 4) is 0 Å². The highest BCUT2D eigenvalue weighted by Gasteiger charge is 2.87. The molecular formula is C18H20O2. The van der Waals surface area contributed by atoms with E-state index >= 15 is 0 Å². The molecule has 104 valence electrons. The minimum atomic E-state index is -0.553. The summed E-state index contributed by atoms with van der Waals surface area (Å²) in [5.74, 6) is 5.52. The van der Waals surface area contributed by atoms with E-state index in [9.17, 15) is 5.11 Å². The zero-order chi connectivity index (χ0) is 13.2. The molecule has 0 saturated heterocycles. The van der Waals surface area contributed by atoms with Crippen molar-refractivity contribution in [1.29, 1.82) is 0 Å². The van der Waals surface area contributed by atoms with Crippen LogP contribution in [0.1, 0.15) is 12.0 Å². The normalized spacial score (nSPS) is 63.2. The third kappa shape index (κ3) is 0.791. The van der Waals surface area contributed by atoms with Gasteiger partial charge in [0.1, 0.15) is 0 Å². The molecule has 5 fully saturated rings. The van der Waals surface area contributed by atoms with Gasteiger partial charge in [-0.15, -0.1) is 0 Å². The number of hydrogen-bond acceptors (Lipinski definition) is 2. The van der Waals surface area contributed by atoms with Gasteiger partial charge in [0.05, 0.1) is 11.7 Å². The zero-order valence-corrected chi connectivity index (χ0v) is 11.6. The summed E-state index contributed by atoms with van der Waals surface area (Å²) in [5, 5.41) is 11.7. The Morgan fingerprint density at radius 3 is 2.55 bits per heavy atom. The van der Waals surface area contributed by atoms with E-state index in [0.717, 1.165) is 23.7 Å². The summed E-state index contributed by atoms with van der Waals surface area (Å²) >= 11 is 0. The highest BCUT2D eigenvalue weighted by molar-refractivity contribution is 5.40. The molecule has 0 heterocycles. The molecular weight excluding hydrogens is 248 g/mol. The molecule has 2 heteroatoms.